The minimum Gasteiger partial charge on any atom is -0.497 e. The summed E-state index contributed by atoms with van der Waals surface area (Å²) in [4.78, 5) is 38.8. The summed E-state index contributed by atoms with van der Waals surface area (Å²) in [6.07, 6.45) is 0.818. The molecule has 3 aromatic rings. The van der Waals surface area contributed by atoms with E-state index in [4.69, 9.17) is 19.9 Å². The van der Waals surface area contributed by atoms with Crippen LogP contribution in [0.4, 0.5) is 11.8 Å². The van der Waals surface area contributed by atoms with E-state index < -0.39 is 5.97 Å². The Kier molecular flexibility index (Phi) is 5.86. The fourth-order valence-corrected chi connectivity index (χ4v) is 5.55. The van der Waals surface area contributed by atoms with Gasteiger partial charge in [-0.25, -0.2) is 9.78 Å². The fourth-order valence-electron chi connectivity index (χ4n) is 4.64. The van der Waals surface area contributed by atoms with Gasteiger partial charge in [0.1, 0.15) is 22.1 Å². The molecule has 2 fully saturated rings. The third-order valence-electron chi connectivity index (χ3n) is 6.18. The summed E-state index contributed by atoms with van der Waals surface area (Å²) in [5.74, 6) is 1.66. The van der Waals surface area contributed by atoms with Crippen LogP contribution in [0.1, 0.15) is 23.7 Å². The minimum absolute atomic E-state index is 0.0300. The van der Waals surface area contributed by atoms with Gasteiger partial charge < -0.3 is 29.7 Å². The maximum Gasteiger partial charge on any atom is 0.339 e. The number of nitrogens with zero attached hydrogens (tertiary/aromatic N) is 4. The van der Waals surface area contributed by atoms with E-state index in [2.05, 4.69) is 14.9 Å². The molecule has 2 aromatic heterocycles. The molecule has 2 bridgehead atoms. The van der Waals surface area contributed by atoms with E-state index in [1.807, 2.05) is 4.90 Å². The first-order valence-corrected chi connectivity index (χ1v) is 11.9. The van der Waals surface area contributed by atoms with Crippen LogP contribution in [0.5, 0.6) is 11.5 Å². The molecule has 4 heterocycles. The fraction of sp³-hybridized carbons (Fsp3) is 0.391. The van der Waals surface area contributed by atoms with Crippen LogP contribution in [0.25, 0.3) is 10.2 Å². The highest BCUT2D eigenvalue weighted by Crippen LogP contribution is 2.40. The smallest absolute Gasteiger partial charge is 0.339 e. The lowest BCUT2D eigenvalue weighted by Crippen LogP contribution is -2.50. The van der Waals surface area contributed by atoms with Crippen LogP contribution in [-0.2, 0) is 9.53 Å². The van der Waals surface area contributed by atoms with Crippen LogP contribution < -0.4 is 20.1 Å². The number of hydrogen-bond acceptors (Lipinski definition) is 10. The third-order valence-corrected chi connectivity index (χ3v) is 7.05. The molecular weight excluding hydrogens is 458 g/mol. The molecule has 2 unspecified atom stereocenters. The van der Waals surface area contributed by atoms with Gasteiger partial charge in [-0.3, -0.25) is 4.79 Å². The van der Waals surface area contributed by atoms with E-state index in [9.17, 15) is 9.59 Å². The monoisotopic (exact) mass is 483 g/mol. The van der Waals surface area contributed by atoms with E-state index in [0.29, 0.717) is 40.4 Å². The number of nitrogens with two attached hydrogens (primary N) is 1. The van der Waals surface area contributed by atoms with Gasteiger partial charge in [-0.05, 0) is 37.6 Å². The molecule has 1 amide bonds. The number of rotatable bonds is 7. The minimum atomic E-state index is -0.403. The number of thiophene rings is 1. The number of carbonyl (C=O) groups excluding carboxylic acids is 2. The van der Waals surface area contributed by atoms with Crippen molar-refractivity contribution in [3.63, 3.8) is 0 Å². The van der Waals surface area contributed by atoms with Crippen molar-refractivity contribution in [3.8, 4) is 11.5 Å². The van der Waals surface area contributed by atoms with Gasteiger partial charge in [-0.15, -0.1) is 11.3 Å². The Bertz CT molecular complexity index is 1230. The number of aromatic nitrogens is 2. The molecule has 0 spiro atoms. The molecule has 34 heavy (non-hydrogen) atoms. The highest BCUT2D eigenvalue weighted by molar-refractivity contribution is 7.17. The summed E-state index contributed by atoms with van der Waals surface area (Å²) < 4.78 is 16.0. The maximum atomic E-state index is 12.9. The number of piperazine rings is 1. The zero-order valence-corrected chi connectivity index (χ0v) is 19.7. The number of nitrogen functional groups attached to an aromatic ring is 1. The van der Waals surface area contributed by atoms with E-state index in [1.165, 1.54) is 11.3 Å². The second-order valence-electron chi connectivity index (χ2n) is 8.16. The Labute approximate surface area is 200 Å². The average Bonchev–Trinajstić information content (AvgIpc) is 3.56. The molecule has 10 nitrogen and oxygen atoms in total. The number of esters is 1. The highest BCUT2D eigenvalue weighted by Gasteiger charge is 2.46. The average molecular weight is 484 g/mol. The second-order valence-corrected chi connectivity index (χ2v) is 9.02. The zero-order valence-electron chi connectivity index (χ0n) is 18.9. The molecule has 2 atom stereocenters. The van der Waals surface area contributed by atoms with E-state index >= 15 is 0 Å². The molecular formula is C23H25N5O5S. The summed E-state index contributed by atoms with van der Waals surface area (Å²) in [5.41, 5.74) is 6.42. The van der Waals surface area contributed by atoms with Gasteiger partial charge in [-0.1, -0.05) is 0 Å². The van der Waals surface area contributed by atoms with Gasteiger partial charge >= 0.3 is 5.97 Å². The number of likely N-dealkylation sites (tertiary alicyclic amines) is 1. The summed E-state index contributed by atoms with van der Waals surface area (Å²) >= 11 is 1.34. The second kappa shape index (κ2) is 8.98. The number of ether oxygens (including phenoxy) is 3. The standard InChI is InChI=1S/C23H25N5O5S/c1-3-32-22(30)17-12-34-21-19(17)20(25-23(24)26-21)28-10-13-8-14(28)9-27(13)18(29)11-33-16-6-4-15(31-2)5-7-16/h4-7,12-14H,3,8-11H2,1-2H3,(H2,24,25,26). The molecule has 178 valence electrons. The van der Waals surface area contributed by atoms with Gasteiger partial charge in [0, 0.05) is 18.5 Å². The molecule has 5 rings (SSSR count). The number of carbonyl (C=O) groups is 2. The number of methoxy groups -OCH3 is 1. The van der Waals surface area contributed by atoms with Crippen molar-refractivity contribution in [3.05, 3.63) is 35.2 Å². The lowest BCUT2D eigenvalue weighted by Gasteiger charge is -2.35. The van der Waals surface area contributed by atoms with E-state index in [1.54, 1.807) is 43.7 Å². The van der Waals surface area contributed by atoms with Crippen molar-refractivity contribution in [1.82, 2.24) is 14.9 Å². The van der Waals surface area contributed by atoms with Gasteiger partial charge in [0.25, 0.3) is 5.91 Å². The van der Waals surface area contributed by atoms with Crippen molar-refractivity contribution in [2.24, 2.45) is 0 Å². The highest BCUT2D eigenvalue weighted by atomic mass is 32.1. The number of hydrogen-bond donors (Lipinski definition) is 1. The van der Waals surface area contributed by atoms with Crippen LogP contribution in [0.3, 0.4) is 0 Å². The van der Waals surface area contributed by atoms with Crippen molar-refractivity contribution in [2.75, 3.05) is 44.0 Å². The van der Waals surface area contributed by atoms with Crippen molar-refractivity contribution in [1.29, 1.82) is 0 Å². The zero-order chi connectivity index (χ0) is 23.8. The SMILES string of the molecule is CCOC(=O)c1csc2nc(N)nc(N3CC4CC3CN4C(=O)COc3ccc(OC)cc3)c12. The van der Waals surface area contributed by atoms with Gasteiger partial charge in [0.15, 0.2) is 6.61 Å². The molecule has 1 aromatic carbocycles. The Morgan fingerprint density at radius 3 is 2.59 bits per heavy atom. The van der Waals surface area contributed by atoms with E-state index in [0.717, 1.165) is 12.2 Å². The molecule has 2 aliphatic heterocycles. The largest absolute Gasteiger partial charge is 0.497 e. The first kappa shape index (κ1) is 22.2. The molecule has 11 heteroatoms. The van der Waals surface area contributed by atoms with Crippen LogP contribution in [-0.4, -0.2) is 72.2 Å². The normalized spacial score (nSPS) is 19.0. The van der Waals surface area contributed by atoms with Gasteiger partial charge in [0.05, 0.1) is 36.8 Å². The number of benzene rings is 1. The molecule has 0 radical (unpaired) electrons. The van der Waals surface area contributed by atoms with Gasteiger partial charge in [0.2, 0.25) is 5.95 Å². The number of anilines is 2. The molecule has 2 aliphatic rings. The van der Waals surface area contributed by atoms with Crippen LogP contribution in [0, 0.1) is 0 Å². The number of amides is 1. The lowest BCUT2D eigenvalue weighted by atomic mass is 10.2. The molecule has 2 N–H and O–H groups in total. The summed E-state index contributed by atoms with van der Waals surface area (Å²) in [5, 5.41) is 2.40. The van der Waals surface area contributed by atoms with Crippen molar-refractivity contribution >= 4 is 45.2 Å². The summed E-state index contributed by atoms with van der Waals surface area (Å²) in [6, 6.07) is 7.24. The van der Waals surface area contributed by atoms with Crippen molar-refractivity contribution < 1.29 is 23.8 Å². The third kappa shape index (κ3) is 3.96. The number of fused-ring (bicyclic) bond motifs is 3. The van der Waals surface area contributed by atoms with Crippen molar-refractivity contribution in [2.45, 2.75) is 25.4 Å². The first-order valence-electron chi connectivity index (χ1n) is 11.0. The Balaban J connectivity index is 1.30. The predicted molar refractivity (Wildman–Crippen MR) is 128 cm³/mol. The topological polar surface area (TPSA) is 120 Å². The Morgan fingerprint density at radius 2 is 1.91 bits per heavy atom. The first-order chi connectivity index (χ1) is 16.5. The summed E-state index contributed by atoms with van der Waals surface area (Å²) in [6.45, 7) is 3.18. The van der Waals surface area contributed by atoms with Crippen LogP contribution >= 0.6 is 11.3 Å². The predicted octanol–water partition coefficient (Wildman–Crippen LogP) is 2.33. The summed E-state index contributed by atoms with van der Waals surface area (Å²) in [7, 11) is 1.60. The molecule has 0 aliphatic carbocycles. The van der Waals surface area contributed by atoms with Gasteiger partial charge in [-0.2, -0.15) is 4.98 Å². The molecule has 0 saturated carbocycles. The van der Waals surface area contributed by atoms with E-state index in [-0.39, 0.29) is 37.2 Å². The van der Waals surface area contributed by atoms with Crippen LogP contribution in [0.2, 0.25) is 0 Å². The Morgan fingerprint density at radius 1 is 1.15 bits per heavy atom. The molecule has 2 saturated heterocycles. The maximum absolute atomic E-state index is 12.9. The Hall–Kier alpha value is -3.60. The quantitative estimate of drug-likeness (QED) is 0.505. The lowest BCUT2D eigenvalue weighted by molar-refractivity contribution is -0.134. The van der Waals surface area contributed by atoms with Crippen LogP contribution in [0.15, 0.2) is 29.6 Å².